The Hall–Kier alpha value is -6.89. The Balaban J connectivity index is 0.981. The number of hydrogen-bond donors (Lipinski definition) is 1. The third kappa shape index (κ3) is 8.91. The fraction of sp³-hybridized carbons (Fsp3) is 0.283. The van der Waals surface area contributed by atoms with E-state index in [0.29, 0.717) is 22.3 Å². The summed E-state index contributed by atoms with van der Waals surface area (Å²) in [6.45, 7) is 2.97. The third-order valence-electron chi connectivity index (χ3n) is 10.6. The Bertz CT molecular complexity index is 2580. The zero-order valence-corrected chi connectivity index (χ0v) is 33.9. The summed E-state index contributed by atoms with van der Waals surface area (Å²) in [6.07, 6.45) is -5.37. The van der Waals surface area contributed by atoms with Gasteiger partial charge in [-0.25, -0.2) is 29.3 Å². The summed E-state index contributed by atoms with van der Waals surface area (Å²) < 4.78 is 51.5. The fourth-order valence-corrected chi connectivity index (χ4v) is 7.68. The number of imidazole rings is 1. The molecule has 0 saturated carbocycles. The molecule has 0 radical (unpaired) electrons. The zero-order valence-electron chi connectivity index (χ0n) is 33.9. The number of carbonyl (C=O) groups excluding carboxylic acids is 4. The first kappa shape index (κ1) is 41.5. The number of fused-ring (bicyclic) bond motifs is 2. The molecule has 6 aromatic rings. The maximum absolute atomic E-state index is 13.7. The van der Waals surface area contributed by atoms with Crippen molar-refractivity contribution in [2.24, 2.45) is 0 Å². The molecule has 0 spiro atoms. The predicted molar refractivity (Wildman–Crippen MR) is 220 cm³/mol. The molecule has 4 aromatic carbocycles. The Morgan fingerprint density at radius 2 is 1.19 bits per heavy atom. The average Bonchev–Trinajstić information content (AvgIpc) is 4.06. The highest BCUT2D eigenvalue weighted by molar-refractivity contribution is 6.06. The molecule has 0 unspecified atom stereocenters. The van der Waals surface area contributed by atoms with Crippen LogP contribution in [-0.4, -0.2) is 105 Å². The zero-order chi connectivity index (χ0) is 43.5. The molecule has 17 nitrogen and oxygen atoms in total. The van der Waals surface area contributed by atoms with Crippen LogP contribution in [0.3, 0.4) is 0 Å². The summed E-state index contributed by atoms with van der Waals surface area (Å²) in [5.74, 6) is -3.31. The number of hydrogen-bond acceptors (Lipinski definition) is 15. The number of nitrogens with zero attached hydrogens (tertiary/aromatic N) is 4. The summed E-state index contributed by atoms with van der Waals surface area (Å²) in [5, 5.41) is 2.81. The van der Waals surface area contributed by atoms with Crippen LogP contribution in [0, 0.1) is 0 Å². The van der Waals surface area contributed by atoms with Gasteiger partial charge in [0, 0.05) is 5.56 Å². The quantitative estimate of drug-likeness (QED) is 0.112. The van der Waals surface area contributed by atoms with Gasteiger partial charge in [-0.1, -0.05) is 72.8 Å². The van der Waals surface area contributed by atoms with Crippen LogP contribution >= 0.6 is 0 Å². The van der Waals surface area contributed by atoms with Crippen molar-refractivity contribution in [3.05, 3.63) is 156 Å². The third-order valence-corrected chi connectivity index (χ3v) is 10.6. The molecule has 0 aliphatic carbocycles. The van der Waals surface area contributed by atoms with E-state index in [4.69, 9.17) is 37.9 Å². The van der Waals surface area contributed by atoms with Gasteiger partial charge >= 0.3 is 17.9 Å². The van der Waals surface area contributed by atoms with Gasteiger partial charge < -0.3 is 43.2 Å². The molecule has 5 heterocycles. The lowest BCUT2D eigenvalue weighted by Gasteiger charge is -2.26. The number of benzene rings is 4. The molecule has 0 bridgehead atoms. The molecule has 3 aliphatic heterocycles. The van der Waals surface area contributed by atoms with E-state index in [1.54, 1.807) is 134 Å². The second-order valence-electron chi connectivity index (χ2n) is 15.3. The molecule has 17 heteroatoms. The van der Waals surface area contributed by atoms with Crippen molar-refractivity contribution < 1.29 is 57.1 Å². The molecule has 3 saturated heterocycles. The van der Waals surface area contributed by atoms with Gasteiger partial charge in [0.15, 0.2) is 47.5 Å². The van der Waals surface area contributed by atoms with Crippen LogP contribution in [0.5, 0.6) is 0 Å². The standard InChI is InChI=1S/C46H41N5O12/c1-46(2)62-35-32(58-41(36(35)63-46)51-26-49-33-38(47-25-48-39(33)51)50-40(52)27-15-7-3-8-16-27)24-57-45-37(61-44(55)30-21-13-6-14-22-30)34(60-43(54)29-19-11-5-12-20-29)31(59-45)23-56-42(53)28-17-9-4-10-18-28/h3-22,25-26,31-32,34-37,41,45H,23-24H2,1-2H3,(H,47,48,50,52)/t31-,32-,34-,35-,36-,37-,41-,45-/m1/s1. The Morgan fingerprint density at radius 1 is 0.635 bits per heavy atom. The maximum atomic E-state index is 13.7. The van der Waals surface area contributed by atoms with E-state index in [9.17, 15) is 19.2 Å². The average molecular weight is 856 g/mol. The number of aromatic nitrogens is 4. The molecule has 2 aromatic heterocycles. The number of rotatable bonds is 13. The lowest BCUT2D eigenvalue weighted by Crippen LogP contribution is -2.43. The highest BCUT2D eigenvalue weighted by atomic mass is 16.8. The number of ether oxygens (including phenoxy) is 8. The summed E-state index contributed by atoms with van der Waals surface area (Å²) in [4.78, 5) is 66.7. The lowest BCUT2D eigenvalue weighted by molar-refractivity contribution is -0.220. The van der Waals surface area contributed by atoms with Gasteiger partial charge in [-0.15, -0.1) is 0 Å². The molecule has 3 aliphatic rings. The van der Waals surface area contributed by atoms with E-state index < -0.39 is 72.8 Å². The lowest BCUT2D eigenvalue weighted by atomic mass is 10.1. The van der Waals surface area contributed by atoms with E-state index in [-0.39, 0.29) is 36.1 Å². The van der Waals surface area contributed by atoms with Crippen LogP contribution < -0.4 is 5.32 Å². The minimum absolute atomic E-state index is 0.197. The highest BCUT2D eigenvalue weighted by Gasteiger charge is 2.57. The Morgan fingerprint density at radius 3 is 1.81 bits per heavy atom. The van der Waals surface area contributed by atoms with Crippen LogP contribution in [0.1, 0.15) is 61.5 Å². The summed E-state index contributed by atoms with van der Waals surface area (Å²) in [7, 11) is 0. The van der Waals surface area contributed by atoms with Gasteiger partial charge in [-0.2, -0.15) is 0 Å². The topological polar surface area (TPSA) is 198 Å². The molecule has 63 heavy (non-hydrogen) atoms. The molecular weight excluding hydrogens is 815 g/mol. The minimum atomic E-state index is -1.36. The SMILES string of the molecule is CC1(C)O[C@@H]2[C@H](O1)[C@@H](CO[C@@H]1O[C@H](COC(=O)c3ccccc3)[C@@H](OC(=O)c3ccccc3)[C@H]1OC(=O)c1ccccc1)O[C@H]2n1cnc2c(NC(=O)c3ccccc3)ncnc21. The smallest absolute Gasteiger partial charge is 0.338 e. The number of carbonyl (C=O) groups is 4. The van der Waals surface area contributed by atoms with Crippen molar-refractivity contribution in [1.29, 1.82) is 0 Å². The van der Waals surface area contributed by atoms with Crippen molar-refractivity contribution in [2.45, 2.75) is 68.8 Å². The van der Waals surface area contributed by atoms with Gasteiger partial charge in [-0.3, -0.25) is 9.36 Å². The number of amides is 1. The normalized spacial score (nSPS) is 24.7. The van der Waals surface area contributed by atoms with Gasteiger partial charge in [-0.05, 0) is 62.4 Å². The molecule has 1 N–H and O–H groups in total. The number of nitrogens with one attached hydrogen (secondary N) is 1. The van der Waals surface area contributed by atoms with Gasteiger partial charge in [0.05, 0.1) is 29.6 Å². The molecule has 9 rings (SSSR count). The molecule has 3 fully saturated rings. The van der Waals surface area contributed by atoms with Gasteiger partial charge in [0.1, 0.15) is 37.4 Å². The summed E-state index contributed by atoms with van der Waals surface area (Å²) in [5.41, 5.74) is 1.87. The van der Waals surface area contributed by atoms with Crippen LogP contribution in [0.15, 0.2) is 134 Å². The first-order chi connectivity index (χ1) is 30.6. The van der Waals surface area contributed by atoms with Crippen LogP contribution in [0.25, 0.3) is 11.2 Å². The number of esters is 3. The first-order valence-electron chi connectivity index (χ1n) is 20.2. The monoisotopic (exact) mass is 855 g/mol. The summed E-state index contributed by atoms with van der Waals surface area (Å²) in [6, 6.07) is 33.6. The van der Waals surface area contributed by atoms with Gasteiger partial charge in [0.2, 0.25) is 0 Å². The fourth-order valence-electron chi connectivity index (χ4n) is 7.68. The van der Waals surface area contributed by atoms with Crippen LogP contribution in [0.2, 0.25) is 0 Å². The van der Waals surface area contributed by atoms with Crippen LogP contribution in [-0.2, 0) is 37.9 Å². The van der Waals surface area contributed by atoms with E-state index in [1.165, 1.54) is 12.7 Å². The first-order valence-corrected chi connectivity index (χ1v) is 20.2. The van der Waals surface area contributed by atoms with Gasteiger partial charge in [0.25, 0.3) is 5.91 Å². The summed E-state index contributed by atoms with van der Waals surface area (Å²) >= 11 is 0. The van der Waals surface area contributed by atoms with Crippen molar-refractivity contribution in [2.75, 3.05) is 18.5 Å². The maximum Gasteiger partial charge on any atom is 0.338 e. The van der Waals surface area contributed by atoms with E-state index >= 15 is 0 Å². The predicted octanol–water partition coefficient (Wildman–Crippen LogP) is 5.55. The van der Waals surface area contributed by atoms with Crippen molar-refractivity contribution in [3.8, 4) is 0 Å². The van der Waals surface area contributed by atoms with Crippen LogP contribution in [0.4, 0.5) is 5.82 Å². The highest BCUT2D eigenvalue weighted by Crippen LogP contribution is 2.44. The molecule has 8 atom stereocenters. The Kier molecular flexibility index (Phi) is 11.7. The minimum Gasteiger partial charge on any atom is -0.459 e. The van der Waals surface area contributed by atoms with E-state index in [2.05, 4.69) is 20.3 Å². The van der Waals surface area contributed by atoms with Crippen molar-refractivity contribution in [3.63, 3.8) is 0 Å². The molecule has 322 valence electrons. The van der Waals surface area contributed by atoms with E-state index in [0.717, 1.165) is 0 Å². The van der Waals surface area contributed by atoms with Crippen molar-refractivity contribution in [1.82, 2.24) is 19.5 Å². The Labute approximate surface area is 360 Å². The second-order valence-corrected chi connectivity index (χ2v) is 15.3. The van der Waals surface area contributed by atoms with E-state index in [1.807, 2.05) is 6.07 Å². The molecular formula is C46H41N5O12. The van der Waals surface area contributed by atoms with Crippen molar-refractivity contribution >= 4 is 40.8 Å². The second kappa shape index (κ2) is 17.8. The largest absolute Gasteiger partial charge is 0.459 e. The molecule has 1 amide bonds. The number of anilines is 1.